The molecule has 0 aliphatic rings. The molecule has 0 saturated heterocycles. The largest absolute Gasteiger partial charge is 0.492 e. The van der Waals surface area contributed by atoms with Gasteiger partial charge in [0.25, 0.3) is 0 Å². The highest BCUT2D eigenvalue weighted by Crippen LogP contribution is 2.07. The molecule has 0 atom stereocenters. The molecule has 1 aromatic carbocycles. The van der Waals surface area contributed by atoms with Crippen LogP contribution in [0.4, 0.5) is 0 Å². The molecule has 0 unspecified atom stereocenters. The number of hydrogen-bond donors (Lipinski definition) is 2. The molecular formula is C18H27N5O. The SMILES string of the molecule is CN=C(NCCOc1ccccc1)NCc1nccn1CC(C)C. The average Bonchev–Trinajstić information content (AvgIpc) is 3.01. The number of nitrogens with zero attached hydrogens (tertiary/aromatic N) is 3. The molecule has 0 radical (unpaired) electrons. The number of aliphatic imine (C=N–C) groups is 1. The molecule has 6 heteroatoms. The van der Waals surface area contributed by atoms with Gasteiger partial charge in [-0.25, -0.2) is 4.98 Å². The van der Waals surface area contributed by atoms with Crippen molar-refractivity contribution in [2.45, 2.75) is 26.9 Å². The molecule has 1 aromatic heterocycles. The van der Waals surface area contributed by atoms with Crippen molar-refractivity contribution in [2.75, 3.05) is 20.2 Å². The van der Waals surface area contributed by atoms with Gasteiger partial charge in [-0.05, 0) is 18.1 Å². The Morgan fingerprint density at radius 1 is 1.25 bits per heavy atom. The van der Waals surface area contributed by atoms with Gasteiger partial charge in [-0.2, -0.15) is 0 Å². The third-order valence-corrected chi connectivity index (χ3v) is 3.41. The van der Waals surface area contributed by atoms with Gasteiger partial charge in [-0.3, -0.25) is 4.99 Å². The minimum atomic E-state index is 0.576. The molecule has 6 nitrogen and oxygen atoms in total. The quantitative estimate of drug-likeness (QED) is 0.443. The lowest BCUT2D eigenvalue weighted by molar-refractivity contribution is 0.322. The first-order valence-corrected chi connectivity index (χ1v) is 8.31. The molecule has 130 valence electrons. The van der Waals surface area contributed by atoms with Crippen LogP contribution in [0.2, 0.25) is 0 Å². The average molecular weight is 329 g/mol. The fraction of sp³-hybridized carbons (Fsp3) is 0.444. The first-order valence-electron chi connectivity index (χ1n) is 8.31. The Bertz CT molecular complexity index is 621. The molecule has 0 spiro atoms. The third kappa shape index (κ3) is 5.95. The Morgan fingerprint density at radius 2 is 2.04 bits per heavy atom. The van der Waals surface area contributed by atoms with E-state index in [0.29, 0.717) is 25.6 Å². The summed E-state index contributed by atoms with van der Waals surface area (Å²) in [5.41, 5.74) is 0. The molecule has 0 amide bonds. The Hall–Kier alpha value is -2.50. The summed E-state index contributed by atoms with van der Waals surface area (Å²) in [6.07, 6.45) is 3.85. The molecular weight excluding hydrogens is 302 g/mol. The zero-order valence-electron chi connectivity index (χ0n) is 14.7. The van der Waals surface area contributed by atoms with E-state index in [2.05, 4.69) is 39.0 Å². The summed E-state index contributed by atoms with van der Waals surface area (Å²) in [4.78, 5) is 8.63. The van der Waals surface area contributed by atoms with Crippen molar-refractivity contribution >= 4 is 5.96 Å². The highest BCUT2D eigenvalue weighted by Gasteiger charge is 2.05. The van der Waals surface area contributed by atoms with E-state index < -0.39 is 0 Å². The van der Waals surface area contributed by atoms with Crippen LogP contribution < -0.4 is 15.4 Å². The maximum atomic E-state index is 5.65. The van der Waals surface area contributed by atoms with Gasteiger partial charge in [-0.15, -0.1) is 0 Å². The monoisotopic (exact) mass is 329 g/mol. The smallest absolute Gasteiger partial charge is 0.191 e. The fourth-order valence-corrected chi connectivity index (χ4v) is 2.31. The van der Waals surface area contributed by atoms with E-state index in [0.717, 1.165) is 24.1 Å². The number of guanidine groups is 1. The van der Waals surface area contributed by atoms with Crippen molar-refractivity contribution in [3.8, 4) is 5.75 Å². The van der Waals surface area contributed by atoms with Gasteiger partial charge in [0.05, 0.1) is 13.1 Å². The Morgan fingerprint density at radius 3 is 2.75 bits per heavy atom. The van der Waals surface area contributed by atoms with Crippen LogP contribution in [-0.2, 0) is 13.1 Å². The highest BCUT2D eigenvalue weighted by molar-refractivity contribution is 5.79. The van der Waals surface area contributed by atoms with Crippen LogP contribution in [0.1, 0.15) is 19.7 Å². The van der Waals surface area contributed by atoms with Crippen LogP contribution in [-0.4, -0.2) is 35.7 Å². The number of nitrogens with one attached hydrogen (secondary N) is 2. The second kappa shape index (κ2) is 9.60. The number of rotatable bonds is 8. The molecule has 0 aliphatic heterocycles. The van der Waals surface area contributed by atoms with Gasteiger partial charge in [-0.1, -0.05) is 32.0 Å². The van der Waals surface area contributed by atoms with E-state index in [-0.39, 0.29) is 0 Å². The maximum absolute atomic E-state index is 5.65. The Balaban J connectivity index is 1.72. The van der Waals surface area contributed by atoms with Gasteiger partial charge >= 0.3 is 0 Å². The van der Waals surface area contributed by atoms with Crippen molar-refractivity contribution in [3.05, 3.63) is 48.5 Å². The van der Waals surface area contributed by atoms with E-state index in [4.69, 9.17) is 4.74 Å². The number of hydrogen-bond acceptors (Lipinski definition) is 3. The lowest BCUT2D eigenvalue weighted by atomic mass is 10.2. The van der Waals surface area contributed by atoms with Crippen LogP contribution in [0.3, 0.4) is 0 Å². The van der Waals surface area contributed by atoms with Gasteiger partial charge < -0.3 is 19.9 Å². The van der Waals surface area contributed by atoms with Crippen molar-refractivity contribution in [1.82, 2.24) is 20.2 Å². The molecule has 0 bridgehead atoms. The molecule has 2 aromatic rings. The first-order chi connectivity index (χ1) is 11.7. The van der Waals surface area contributed by atoms with Gasteiger partial charge in [0, 0.05) is 26.0 Å². The van der Waals surface area contributed by atoms with Crippen LogP contribution in [0.15, 0.2) is 47.7 Å². The lowest BCUT2D eigenvalue weighted by Crippen LogP contribution is -2.39. The number of para-hydroxylation sites is 1. The standard InChI is InChI=1S/C18H27N5O/c1-15(2)14-23-11-9-20-17(23)13-22-18(19-3)21-10-12-24-16-7-5-4-6-8-16/h4-9,11,15H,10,12-14H2,1-3H3,(H2,19,21,22). The van der Waals surface area contributed by atoms with Crippen LogP contribution in [0, 0.1) is 5.92 Å². The lowest BCUT2D eigenvalue weighted by Gasteiger charge is -2.14. The normalized spacial score (nSPS) is 11.6. The van der Waals surface area contributed by atoms with Crippen molar-refractivity contribution in [2.24, 2.45) is 10.9 Å². The van der Waals surface area contributed by atoms with E-state index in [1.165, 1.54) is 0 Å². The molecule has 2 rings (SSSR count). The third-order valence-electron chi connectivity index (χ3n) is 3.41. The summed E-state index contributed by atoms with van der Waals surface area (Å²) < 4.78 is 7.82. The maximum Gasteiger partial charge on any atom is 0.191 e. The Labute approximate surface area is 144 Å². The topological polar surface area (TPSA) is 63.5 Å². The molecule has 0 fully saturated rings. The van der Waals surface area contributed by atoms with E-state index in [1.54, 1.807) is 7.05 Å². The molecule has 1 heterocycles. The number of ether oxygens (including phenoxy) is 1. The zero-order chi connectivity index (χ0) is 17.2. The van der Waals surface area contributed by atoms with Crippen LogP contribution in [0.25, 0.3) is 0 Å². The van der Waals surface area contributed by atoms with Crippen LogP contribution in [0.5, 0.6) is 5.75 Å². The second-order valence-electron chi connectivity index (χ2n) is 5.90. The Kier molecular flexibility index (Phi) is 7.14. The summed E-state index contributed by atoms with van der Waals surface area (Å²) in [6, 6.07) is 9.79. The number of imidazole rings is 1. The summed E-state index contributed by atoms with van der Waals surface area (Å²) >= 11 is 0. The number of benzene rings is 1. The zero-order valence-corrected chi connectivity index (χ0v) is 14.7. The minimum absolute atomic E-state index is 0.576. The predicted octanol–water partition coefficient (Wildman–Crippen LogP) is 2.28. The van der Waals surface area contributed by atoms with Crippen LogP contribution >= 0.6 is 0 Å². The predicted molar refractivity (Wildman–Crippen MR) is 97.2 cm³/mol. The fourth-order valence-electron chi connectivity index (χ4n) is 2.31. The molecule has 24 heavy (non-hydrogen) atoms. The minimum Gasteiger partial charge on any atom is -0.492 e. The van der Waals surface area contributed by atoms with Crippen molar-refractivity contribution in [3.63, 3.8) is 0 Å². The van der Waals surface area contributed by atoms with Crippen molar-refractivity contribution in [1.29, 1.82) is 0 Å². The van der Waals surface area contributed by atoms with E-state index >= 15 is 0 Å². The molecule has 0 aliphatic carbocycles. The summed E-state index contributed by atoms with van der Waals surface area (Å²) in [5, 5.41) is 6.52. The molecule has 0 saturated carbocycles. The summed E-state index contributed by atoms with van der Waals surface area (Å²) in [7, 11) is 1.76. The second-order valence-corrected chi connectivity index (χ2v) is 5.90. The van der Waals surface area contributed by atoms with Gasteiger partial charge in [0.15, 0.2) is 5.96 Å². The summed E-state index contributed by atoms with van der Waals surface area (Å²) in [6.45, 7) is 7.25. The van der Waals surface area contributed by atoms with Crippen molar-refractivity contribution < 1.29 is 4.74 Å². The highest BCUT2D eigenvalue weighted by atomic mass is 16.5. The van der Waals surface area contributed by atoms with Gasteiger partial charge in [0.2, 0.25) is 0 Å². The first kappa shape index (κ1) is 17.8. The van der Waals surface area contributed by atoms with E-state index in [9.17, 15) is 0 Å². The summed E-state index contributed by atoms with van der Waals surface area (Å²) in [5.74, 6) is 3.21. The molecule has 2 N–H and O–H groups in total. The van der Waals surface area contributed by atoms with Gasteiger partial charge in [0.1, 0.15) is 18.2 Å². The van der Waals surface area contributed by atoms with E-state index in [1.807, 2.05) is 42.7 Å². The number of aromatic nitrogens is 2.